The van der Waals surface area contributed by atoms with E-state index >= 15 is 0 Å². The number of esters is 1. The van der Waals surface area contributed by atoms with Crippen LogP contribution < -0.4 is 5.32 Å². The van der Waals surface area contributed by atoms with Crippen molar-refractivity contribution in [2.24, 2.45) is 11.8 Å². The highest BCUT2D eigenvalue weighted by Gasteiger charge is 2.54. The summed E-state index contributed by atoms with van der Waals surface area (Å²) in [7, 11) is -3.68. The fraction of sp³-hybridized carbons (Fsp3) is 0.375. The molecule has 1 saturated carbocycles. The molecule has 5 nitrogen and oxygen atoms in total. The van der Waals surface area contributed by atoms with Gasteiger partial charge in [0.1, 0.15) is 0 Å². The monoisotopic (exact) mass is 427 g/mol. The molecule has 1 aliphatic rings. The molecule has 1 fully saturated rings. The van der Waals surface area contributed by atoms with E-state index in [-0.39, 0.29) is 29.4 Å². The number of hydrogen-bond donors (Lipinski definition) is 1. The van der Waals surface area contributed by atoms with Crippen LogP contribution in [0.15, 0.2) is 77.7 Å². The molecule has 6 heteroatoms. The van der Waals surface area contributed by atoms with Gasteiger partial charge in [-0.1, -0.05) is 55.1 Å². The Morgan fingerprint density at radius 3 is 2.33 bits per heavy atom. The Kier molecular flexibility index (Phi) is 7.10. The van der Waals surface area contributed by atoms with Crippen molar-refractivity contribution in [2.45, 2.75) is 36.5 Å². The van der Waals surface area contributed by atoms with Crippen molar-refractivity contribution < 1.29 is 17.9 Å². The third-order valence-corrected chi connectivity index (χ3v) is 7.84. The summed E-state index contributed by atoms with van der Waals surface area (Å²) >= 11 is 0. The average molecular weight is 428 g/mol. The standard InChI is InChI=1S/C24H29NO4S/c1-4-29-24(26)22-15-21(22)23(30(27,28)20-13-9-6-10-14-20)17(2)16-25-18(3)19-11-7-5-8-12-19/h5-14,18,21-23,25H,2,4,15-16H2,1,3H3/t18-,21+,22+,23+/m0/s1. The highest BCUT2D eigenvalue weighted by molar-refractivity contribution is 7.92. The minimum Gasteiger partial charge on any atom is -0.466 e. The number of carbonyl (C=O) groups is 1. The summed E-state index contributed by atoms with van der Waals surface area (Å²) in [5, 5.41) is 2.55. The van der Waals surface area contributed by atoms with Crippen LogP contribution in [0.1, 0.15) is 31.9 Å². The van der Waals surface area contributed by atoms with E-state index in [1.54, 1.807) is 37.3 Å². The zero-order valence-electron chi connectivity index (χ0n) is 17.5. The molecule has 0 spiro atoms. The molecule has 1 N–H and O–H groups in total. The lowest BCUT2D eigenvalue weighted by Gasteiger charge is -2.23. The van der Waals surface area contributed by atoms with E-state index in [0.29, 0.717) is 18.5 Å². The van der Waals surface area contributed by atoms with Crippen molar-refractivity contribution in [2.75, 3.05) is 13.2 Å². The van der Waals surface area contributed by atoms with Crippen LogP contribution in [0.5, 0.6) is 0 Å². The third-order valence-electron chi connectivity index (χ3n) is 5.56. The molecule has 2 aromatic carbocycles. The number of ether oxygens (including phenoxy) is 1. The van der Waals surface area contributed by atoms with Gasteiger partial charge in [-0.3, -0.25) is 4.79 Å². The van der Waals surface area contributed by atoms with Crippen LogP contribution in [0, 0.1) is 11.8 Å². The van der Waals surface area contributed by atoms with Crippen LogP contribution in [0.4, 0.5) is 0 Å². The van der Waals surface area contributed by atoms with E-state index in [1.165, 1.54) is 0 Å². The van der Waals surface area contributed by atoms with Gasteiger partial charge in [0.2, 0.25) is 0 Å². The number of nitrogens with one attached hydrogen (secondary N) is 1. The summed E-state index contributed by atoms with van der Waals surface area (Å²) in [6.07, 6.45) is 0.503. The van der Waals surface area contributed by atoms with E-state index in [1.807, 2.05) is 37.3 Å². The minimum atomic E-state index is -3.68. The highest BCUT2D eigenvalue weighted by Crippen LogP contribution is 2.48. The average Bonchev–Trinajstić information content (AvgIpc) is 3.53. The zero-order chi connectivity index (χ0) is 21.7. The molecule has 2 aromatic rings. The summed E-state index contributed by atoms with van der Waals surface area (Å²) in [6.45, 7) is 8.53. The summed E-state index contributed by atoms with van der Waals surface area (Å²) in [5.41, 5.74) is 1.68. The maximum Gasteiger partial charge on any atom is 0.309 e. The number of carbonyl (C=O) groups excluding carboxylic acids is 1. The second-order valence-corrected chi connectivity index (χ2v) is 9.78. The van der Waals surface area contributed by atoms with E-state index in [2.05, 4.69) is 11.9 Å². The first-order chi connectivity index (χ1) is 14.4. The summed E-state index contributed by atoms with van der Waals surface area (Å²) in [6, 6.07) is 18.4. The Hall–Kier alpha value is -2.44. The molecular formula is C24H29NO4S. The highest BCUT2D eigenvalue weighted by atomic mass is 32.2. The molecule has 0 heterocycles. The van der Waals surface area contributed by atoms with Gasteiger partial charge in [-0.2, -0.15) is 0 Å². The van der Waals surface area contributed by atoms with Crippen LogP contribution >= 0.6 is 0 Å². The van der Waals surface area contributed by atoms with Crippen molar-refractivity contribution in [1.82, 2.24) is 5.32 Å². The molecule has 0 amide bonds. The van der Waals surface area contributed by atoms with Crippen molar-refractivity contribution in [1.29, 1.82) is 0 Å². The lowest BCUT2D eigenvalue weighted by Crippen LogP contribution is -2.33. The molecule has 0 radical (unpaired) electrons. The third kappa shape index (κ3) is 4.99. The molecule has 1 aliphatic carbocycles. The van der Waals surface area contributed by atoms with E-state index in [9.17, 15) is 13.2 Å². The van der Waals surface area contributed by atoms with Gasteiger partial charge in [-0.25, -0.2) is 8.42 Å². The molecule has 0 aliphatic heterocycles. The smallest absolute Gasteiger partial charge is 0.309 e. The van der Waals surface area contributed by atoms with Gasteiger partial charge in [-0.05, 0) is 49.5 Å². The Labute approximate surface area is 179 Å². The number of sulfone groups is 1. The first kappa shape index (κ1) is 22.2. The molecule has 0 aromatic heterocycles. The predicted molar refractivity (Wildman–Crippen MR) is 118 cm³/mol. The van der Waals surface area contributed by atoms with Crippen molar-refractivity contribution in [3.63, 3.8) is 0 Å². The van der Waals surface area contributed by atoms with Gasteiger partial charge in [0.15, 0.2) is 9.84 Å². The van der Waals surface area contributed by atoms with Crippen LogP contribution in [0.3, 0.4) is 0 Å². The summed E-state index contributed by atoms with van der Waals surface area (Å²) in [4.78, 5) is 12.4. The quantitative estimate of drug-likeness (QED) is 0.459. The van der Waals surface area contributed by atoms with Gasteiger partial charge in [0.05, 0.1) is 22.7 Å². The SMILES string of the molecule is C=C(CN[C@@H](C)c1ccccc1)[C@H]([C@@H]1C[C@H]1C(=O)OCC)S(=O)(=O)c1ccccc1. The van der Waals surface area contributed by atoms with Crippen molar-refractivity contribution in [3.8, 4) is 0 Å². The first-order valence-electron chi connectivity index (χ1n) is 10.3. The van der Waals surface area contributed by atoms with E-state index < -0.39 is 21.0 Å². The van der Waals surface area contributed by atoms with E-state index in [4.69, 9.17) is 4.74 Å². The topological polar surface area (TPSA) is 72.5 Å². The van der Waals surface area contributed by atoms with Crippen LogP contribution in [-0.4, -0.2) is 32.8 Å². The molecule has 4 atom stereocenters. The van der Waals surface area contributed by atoms with Gasteiger partial charge >= 0.3 is 5.97 Å². The number of hydrogen-bond acceptors (Lipinski definition) is 5. The lowest BCUT2D eigenvalue weighted by atomic mass is 10.1. The molecule has 160 valence electrons. The Morgan fingerprint density at radius 1 is 1.13 bits per heavy atom. The Morgan fingerprint density at radius 2 is 1.73 bits per heavy atom. The van der Waals surface area contributed by atoms with Gasteiger partial charge < -0.3 is 10.1 Å². The van der Waals surface area contributed by atoms with Gasteiger partial charge in [0.25, 0.3) is 0 Å². The minimum absolute atomic E-state index is 0.0445. The molecule has 3 rings (SSSR count). The normalized spacial score (nSPS) is 20.2. The summed E-state index contributed by atoms with van der Waals surface area (Å²) < 4.78 is 32.0. The molecule has 30 heavy (non-hydrogen) atoms. The Balaban J connectivity index is 1.79. The van der Waals surface area contributed by atoms with Crippen molar-refractivity contribution >= 4 is 15.8 Å². The van der Waals surface area contributed by atoms with Crippen LogP contribution in [0.25, 0.3) is 0 Å². The van der Waals surface area contributed by atoms with Gasteiger partial charge in [-0.15, -0.1) is 0 Å². The second kappa shape index (κ2) is 9.58. The second-order valence-electron chi connectivity index (χ2n) is 7.71. The number of benzene rings is 2. The van der Waals surface area contributed by atoms with Crippen LogP contribution in [0.2, 0.25) is 0 Å². The largest absolute Gasteiger partial charge is 0.466 e. The first-order valence-corrected chi connectivity index (χ1v) is 11.8. The molecule has 0 saturated heterocycles. The molecule has 0 unspecified atom stereocenters. The van der Waals surface area contributed by atoms with Crippen molar-refractivity contribution in [3.05, 3.63) is 78.4 Å². The van der Waals surface area contributed by atoms with E-state index in [0.717, 1.165) is 5.56 Å². The summed E-state index contributed by atoms with van der Waals surface area (Å²) in [5.74, 6) is -1.03. The zero-order valence-corrected chi connectivity index (χ0v) is 18.3. The molecule has 0 bridgehead atoms. The maximum atomic E-state index is 13.5. The van der Waals surface area contributed by atoms with Gasteiger partial charge in [0, 0.05) is 12.6 Å². The molecular weight excluding hydrogens is 398 g/mol. The lowest BCUT2D eigenvalue weighted by molar-refractivity contribution is -0.145. The Bertz CT molecular complexity index is 973. The van der Waals surface area contributed by atoms with Crippen LogP contribution in [-0.2, 0) is 19.4 Å². The predicted octanol–water partition coefficient (Wildman–Crippen LogP) is 3.94. The number of rotatable bonds is 10. The fourth-order valence-corrected chi connectivity index (χ4v) is 5.94. The fourth-order valence-electron chi connectivity index (χ4n) is 3.82. The maximum absolute atomic E-state index is 13.5.